The van der Waals surface area contributed by atoms with Crippen molar-refractivity contribution in [2.45, 2.75) is 46.0 Å². The molecule has 0 fully saturated rings. The van der Waals surface area contributed by atoms with E-state index in [0.717, 1.165) is 0 Å². The lowest BCUT2D eigenvalue weighted by Crippen LogP contribution is -2.12. The molecule has 0 bridgehead atoms. The first-order valence-electron chi connectivity index (χ1n) is 5.72. The van der Waals surface area contributed by atoms with E-state index in [-0.39, 0.29) is 5.41 Å². The van der Waals surface area contributed by atoms with Crippen molar-refractivity contribution in [3.8, 4) is 0 Å². The van der Waals surface area contributed by atoms with Crippen LogP contribution in [-0.2, 0) is 0 Å². The Labute approximate surface area is 103 Å². The van der Waals surface area contributed by atoms with Gasteiger partial charge in [0.25, 0.3) is 0 Å². The van der Waals surface area contributed by atoms with E-state index in [1.165, 1.54) is 37.0 Å². The van der Waals surface area contributed by atoms with Crippen LogP contribution in [0.5, 0.6) is 0 Å². The molecule has 1 aliphatic rings. The van der Waals surface area contributed by atoms with Gasteiger partial charge in [-0.2, -0.15) is 0 Å². The molecule has 1 aliphatic heterocycles. The Morgan fingerprint density at radius 1 is 1.40 bits per heavy atom. The number of rotatable bonds is 6. The van der Waals surface area contributed by atoms with E-state index >= 15 is 0 Å². The van der Waals surface area contributed by atoms with Gasteiger partial charge in [0.2, 0.25) is 0 Å². The Kier molecular flexibility index (Phi) is 5.62. The van der Waals surface area contributed by atoms with E-state index in [4.69, 9.17) is 12.2 Å². The van der Waals surface area contributed by atoms with Gasteiger partial charge in [-0.1, -0.05) is 75.7 Å². The smallest absolute Gasteiger partial charge is 0.0192 e. The Bertz CT molecular complexity index is 266. The third-order valence-electron chi connectivity index (χ3n) is 2.81. The highest BCUT2D eigenvalue weighted by atomic mass is 32.2. The van der Waals surface area contributed by atoms with Gasteiger partial charge in [-0.25, -0.2) is 0 Å². The summed E-state index contributed by atoms with van der Waals surface area (Å²) in [6.07, 6.45) is 11.2. The zero-order chi connectivity index (χ0) is 11.1. The van der Waals surface area contributed by atoms with Crippen LogP contribution in [0.4, 0.5) is 0 Å². The molecule has 84 valence electrons. The van der Waals surface area contributed by atoms with Crippen LogP contribution in [0.25, 0.3) is 0 Å². The Morgan fingerprint density at radius 2 is 2.20 bits per heavy atom. The molecule has 1 heterocycles. The van der Waals surface area contributed by atoms with Crippen LogP contribution in [0.15, 0.2) is 22.5 Å². The van der Waals surface area contributed by atoms with Gasteiger partial charge >= 0.3 is 0 Å². The summed E-state index contributed by atoms with van der Waals surface area (Å²) in [7, 11) is 0. The number of unbranched alkanes of at least 4 members (excludes halogenated alkanes) is 3. The minimum Gasteiger partial charge on any atom is -0.0978 e. The molecule has 0 N–H and O–H groups in total. The fourth-order valence-corrected chi connectivity index (χ4v) is 2.99. The second-order valence-electron chi connectivity index (χ2n) is 4.40. The molecule has 0 radical (unpaired) electrons. The molecule has 1 atom stereocenters. The summed E-state index contributed by atoms with van der Waals surface area (Å²) in [4.78, 5) is 1.23. The molecular formula is C13H20S2. The van der Waals surface area contributed by atoms with Gasteiger partial charge in [0, 0.05) is 15.7 Å². The fraction of sp³-hybridized carbons (Fsp3) is 0.615. The number of hydrogen-bond acceptors (Lipinski definition) is 2. The molecule has 15 heavy (non-hydrogen) atoms. The molecule has 0 aromatic heterocycles. The van der Waals surface area contributed by atoms with Crippen molar-refractivity contribution in [2.24, 2.45) is 5.41 Å². The predicted molar refractivity (Wildman–Crippen MR) is 75.3 cm³/mol. The van der Waals surface area contributed by atoms with Crippen LogP contribution >= 0.6 is 24.0 Å². The standard InChI is InChI=1S/C13H20S2/c1-3-4-5-6-7-13(2)8-9-15-12(10-13)11-14/h8-11H,3-7H2,1-2H3. The van der Waals surface area contributed by atoms with Crippen molar-refractivity contribution >= 4 is 29.3 Å². The summed E-state index contributed by atoms with van der Waals surface area (Å²) >= 11 is 6.71. The minimum absolute atomic E-state index is 0.240. The average Bonchev–Trinajstić information content (AvgIpc) is 2.24. The Hall–Kier alpha value is -0.0800. The van der Waals surface area contributed by atoms with Gasteiger partial charge in [0.1, 0.15) is 0 Å². The van der Waals surface area contributed by atoms with Gasteiger partial charge in [0.15, 0.2) is 0 Å². The van der Waals surface area contributed by atoms with E-state index in [9.17, 15) is 0 Å². The van der Waals surface area contributed by atoms with Gasteiger partial charge in [-0.15, -0.1) is 0 Å². The predicted octanol–water partition coefficient (Wildman–Crippen LogP) is 5.11. The number of allylic oxidation sites excluding steroid dienone is 3. The Morgan fingerprint density at radius 3 is 2.87 bits per heavy atom. The highest BCUT2D eigenvalue weighted by Crippen LogP contribution is 2.36. The molecule has 0 aromatic carbocycles. The molecule has 0 saturated heterocycles. The normalized spacial score (nSPS) is 25.1. The molecule has 1 rings (SSSR count). The summed E-state index contributed by atoms with van der Waals surface area (Å²) in [5, 5.41) is 3.97. The van der Waals surface area contributed by atoms with E-state index in [1.807, 2.05) is 0 Å². The first kappa shape index (κ1) is 13.0. The van der Waals surface area contributed by atoms with E-state index in [2.05, 4.69) is 31.4 Å². The molecule has 0 spiro atoms. The van der Waals surface area contributed by atoms with Gasteiger partial charge < -0.3 is 0 Å². The number of hydrogen-bond donors (Lipinski definition) is 0. The first-order chi connectivity index (χ1) is 7.20. The summed E-state index contributed by atoms with van der Waals surface area (Å²) in [6, 6.07) is 0. The number of thiocarbonyl (C=S) groups is 1. The third-order valence-corrected chi connectivity index (χ3v) is 3.99. The quantitative estimate of drug-likeness (QED) is 0.467. The van der Waals surface area contributed by atoms with Crippen LogP contribution in [-0.4, -0.2) is 5.37 Å². The Balaban J connectivity index is 2.43. The largest absolute Gasteiger partial charge is 0.0978 e. The molecule has 0 aromatic rings. The summed E-state index contributed by atoms with van der Waals surface area (Å²) in [5.41, 5.74) is 0.240. The van der Waals surface area contributed by atoms with Crippen molar-refractivity contribution in [1.29, 1.82) is 0 Å². The van der Waals surface area contributed by atoms with E-state index in [1.54, 1.807) is 17.1 Å². The topological polar surface area (TPSA) is 0 Å². The van der Waals surface area contributed by atoms with Crippen molar-refractivity contribution in [3.05, 3.63) is 22.5 Å². The fourth-order valence-electron chi connectivity index (χ4n) is 1.83. The van der Waals surface area contributed by atoms with E-state index in [0.29, 0.717) is 0 Å². The average molecular weight is 240 g/mol. The molecule has 0 amide bonds. The maximum atomic E-state index is 4.98. The SMILES string of the molecule is CCCCCCC1(C)C=CSC(C=S)=C1. The summed E-state index contributed by atoms with van der Waals surface area (Å²) < 4.78 is 0. The maximum absolute atomic E-state index is 4.98. The molecule has 2 heteroatoms. The minimum atomic E-state index is 0.240. The van der Waals surface area contributed by atoms with Crippen LogP contribution < -0.4 is 0 Å². The lowest BCUT2D eigenvalue weighted by Gasteiger charge is -2.25. The monoisotopic (exact) mass is 240 g/mol. The van der Waals surface area contributed by atoms with Gasteiger partial charge in [0.05, 0.1) is 0 Å². The zero-order valence-electron chi connectivity index (χ0n) is 9.66. The third kappa shape index (κ3) is 4.52. The van der Waals surface area contributed by atoms with E-state index < -0.39 is 0 Å². The first-order valence-corrected chi connectivity index (χ1v) is 7.08. The lowest BCUT2D eigenvalue weighted by atomic mass is 9.84. The highest BCUT2D eigenvalue weighted by molar-refractivity contribution is 8.07. The summed E-state index contributed by atoms with van der Waals surface area (Å²) in [5.74, 6) is 0. The van der Waals surface area contributed by atoms with Crippen molar-refractivity contribution in [2.75, 3.05) is 0 Å². The van der Waals surface area contributed by atoms with Gasteiger partial charge in [-0.3, -0.25) is 0 Å². The molecular weight excluding hydrogens is 220 g/mol. The van der Waals surface area contributed by atoms with Crippen LogP contribution in [0, 0.1) is 5.41 Å². The van der Waals surface area contributed by atoms with Crippen LogP contribution in [0.1, 0.15) is 46.0 Å². The van der Waals surface area contributed by atoms with Crippen molar-refractivity contribution < 1.29 is 0 Å². The molecule has 0 nitrogen and oxygen atoms in total. The summed E-state index contributed by atoms with van der Waals surface area (Å²) in [6.45, 7) is 4.55. The van der Waals surface area contributed by atoms with Gasteiger partial charge in [-0.05, 0) is 11.8 Å². The van der Waals surface area contributed by atoms with Crippen molar-refractivity contribution in [1.82, 2.24) is 0 Å². The number of thioether (sulfide) groups is 1. The van der Waals surface area contributed by atoms with Crippen LogP contribution in [0.3, 0.4) is 0 Å². The highest BCUT2D eigenvalue weighted by Gasteiger charge is 2.20. The second kappa shape index (κ2) is 6.49. The molecule has 1 unspecified atom stereocenters. The van der Waals surface area contributed by atoms with Crippen LogP contribution in [0.2, 0.25) is 0 Å². The zero-order valence-corrected chi connectivity index (χ0v) is 11.3. The second-order valence-corrected chi connectivity index (χ2v) is 5.62. The molecule has 0 aliphatic carbocycles. The molecule has 0 saturated carbocycles. The maximum Gasteiger partial charge on any atom is 0.0192 e. The lowest BCUT2D eigenvalue weighted by molar-refractivity contribution is 0.460. The van der Waals surface area contributed by atoms with Crippen molar-refractivity contribution in [3.63, 3.8) is 0 Å².